The van der Waals surface area contributed by atoms with Gasteiger partial charge in [-0.15, -0.1) is 0 Å². The first-order valence-corrected chi connectivity index (χ1v) is 17.0. The highest BCUT2D eigenvalue weighted by atomic mass is 19.1. The van der Waals surface area contributed by atoms with Crippen molar-refractivity contribution in [2.45, 2.75) is 50.9 Å². The number of fused-ring (bicyclic) bond motifs is 4. The number of nitriles is 1. The molecule has 10 heteroatoms. The number of aromatic nitrogens is 3. The summed E-state index contributed by atoms with van der Waals surface area (Å²) in [6, 6.07) is 22.3. The number of halogens is 1. The maximum Gasteiger partial charge on any atom is 0.254 e. The number of amides is 2. The fraction of sp³-hybridized carbons (Fsp3) is 0.368. The number of para-hydroxylation sites is 1. The number of likely N-dealkylation sites (tertiary alicyclic amines) is 2. The Kier molecular flexibility index (Phi) is 6.70. The average molecular weight is 642 g/mol. The second kappa shape index (κ2) is 11.0. The first kappa shape index (κ1) is 29.2. The van der Waals surface area contributed by atoms with Crippen molar-refractivity contribution < 1.29 is 14.0 Å². The molecule has 0 radical (unpaired) electrons. The summed E-state index contributed by atoms with van der Waals surface area (Å²) in [6.07, 6.45) is 4.30. The normalized spacial score (nSPS) is 22.1. The lowest BCUT2D eigenvalue weighted by Gasteiger charge is -2.39. The van der Waals surface area contributed by atoms with Crippen molar-refractivity contribution in [2.75, 3.05) is 19.6 Å². The lowest BCUT2D eigenvalue weighted by Crippen LogP contribution is -2.51. The van der Waals surface area contributed by atoms with Crippen LogP contribution in [0.5, 0.6) is 0 Å². The number of piperidine rings is 1. The van der Waals surface area contributed by atoms with Crippen LogP contribution in [0.25, 0.3) is 33.5 Å². The average Bonchev–Trinajstić information content (AvgIpc) is 3.43. The lowest BCUT2D eigenvalue weighted by atomic mass is 9.98. The summed E-state index contributed by atoms with van der Waals surface area (Å²) in [4.78, 5) is 35.6. The molecule has 2 aliphatic carbocycles. The molecule has 9 rings (SSSR count). The minimum absolute atomic E-state index is 0.000983. The van der Waals surface area contributed by atoms with Gasteiger partial charge in [-0.25, -0.2) is 9.37 Å². The maximum atomic E-state index is 16.4. The number of carbonyl (C=O) groups excluding carboxylic acids is 2. The van der Waals surface area contributed by atoms with Gasteiger partial charge in [-0.3, -0.25) is 9.59 Å². The number of nitrogens with zero attached hydrogens (tertiary/aromatic N) is 6. The van der Waals surface area contributed by atoms with E-state index in [4.69, 9.17) is 16.0 Å². The molecule has 48 heavy (non-hydrogen) atoms. The number of hydrogen-bond acceptors (Lipinski definition) is 5. The van der Waals surface area contributed by atoms with Crippen molar-refractivity contribution in [3.8, 4) is 17.6 Å². The smallest absolute Gasteiger partial charge is 0.254 e. The van der Waals surface area contributed by atoms with Gasteiger partial charge in [-0.1, -0.05) is 18.2 Å². The first-order chi connectivity index (χ1) is 23.4. The summed E-state index contributed by atoms with van der Waals surface area (Å²) >= 11 is 0. The highest BCUT2D eigenvalue weighted by molar-refractivity contribution is 5.99. The van der Waals surface area contributed by atoms with E-state index in [1.54, 1.807) is 35.2 Å². The Morgan fingerprint density at radius 3 is 2.35 bits per heavy atom. The van der Waals surface area contributed by atoms with E-state index >= 15 is 4.39 Å². The van der Waals surface area contributed by atoms with Crippen LogP contribution in [0.15, 0.2) is 66.7 Å². The molecule has 3 aromatic carbocycles. The molecule has 2 aliphatic heterocycles. The minimum atomic E-state index is -0.474. The molecule has 4 fully saturated rings. The quantitative estimate of drug-likeness (QED) is 0.255. The van der Waals surface area contributed by atoms with Crippen molar-refractivity contribution in [1.82, 2.24) is 23.9 Å². The zero-order valence-corrected chi connectivity index (χ0v) is 26.6. The Bertz CT molecular complexity index is 2150. The van der Waals surface area contributed by atoms with E-state index in [-0.39, 0.29) is 29.8 Å². The Balaban J connectivity index is 1.09. The van der Waals surface area contributed by atoms with Gasteiger partial charge in [0.2, 0.25) is 0 Å². The lowest BCUT2D eigenvalue weighted by molar-refractivity contribution is 0.0471. The fourth-order valence-electron chi connectivity index (χ4n) is 8.29. The fourth-order valence-corrected chi connectivity index (χ4v) is 8.29. The standard InChI is InChI=1S/C38H36FN7O2/c39-29-13-28(38(48)45-21-27-11-12-32(45)34(27)41)14-30-35(29)46(20-24-17-43(18-24)37(47)25-9-7-22(16-40)8-10-25)36(42-30)33-15-26-3-1-2-4-31(26)44(33)19-23-5-6-23/h1-4,7-10,13-15,23-24,27,32,34H,5-6,11-12,17-21,41H2/t27-,32-,34-/m1/s1. The van der Waals surface area contributed by atoms with Crippen LogP contribution in [-0.4, -0.2) is 67.5 Å². The molecule has 9 nitrogen and oxygen atoms in total. The molecule has 4 heterocycles. The van der Waals surface area contributed by atoms with Crippen LogP contribution in [0.4, 0.5) is 4.39 Å². The van der Waals surface area contributed by atoms with E-state index in [0.29, 0.717) is 71.6 Å². The molecule has 2 bridgehead atoms. The van der Waals surface area contributed by atoms with Crippen LogP contribution in [0.1, 0.15) is 52.0 Å². The molecule has 3 atom stereocenters. The summed E-state index contributed by atoms with van der Waals surface area (Å²) in [5, 5.41) is 10.2. The first-order valence-electron chi connectivity index (χ1n) is 17.0. The van der Waals surface area contributed by atoms with Gasteiger partial charge >= 0.3 is 0 Å². The number of rotatable bonds is 7. The number of imidazole rings is 1. The van der Waals surface area contributed by atoms with E-state index < -0.39 is 5.82 Å². The van der Waals surface area contributed by atoms with Gasteiger partial charge in [0.25, 0.3) is 11.8 Å². The topological polar surface area (TPSA) is 113 Å². The second-order valence-electron chi connectivity index (χ2n) is 14.2. The number of hydrogen-bond donors (Lipinski definition) is 1. The Morgan fingerprint density at radius 2 is 1.65 bits per heavy atom. The highest BCUT2D eigenvalue weighted by Crippen LogP contribution is 2.40. The van der Waals surface area contributed by atoms with Gasteiger partial charge in [-0.05, 0) is 86.1 Å². The zero-order chi connectivity index (χ0) is 32.7. The van der Waals surface area contributed by atoms with Crippen molar-refractivity contribution >= 4 is 33.8 Å². The van der Waals surface area contributed by atoms with Gasteiger partial charge in [0.05, 0.1) is 22.8 Å². The van der Waals surface area contributed by atoms with Crippen molar-refractivity contribution in [2.24, 2.45) is 23.5 Å². The molecule has 5 aromatic rings. The van der Waals surface area contributed by atoms with Crippen LogP contribution < -0.4 is 5.73 Å². The van der Waals surface area contributed by atoms with Gasteiger partial charge < -0.3 is 24.7 Å². The Labute approximate surface area is 277 Å². The minimum Gasteiger partial charge on any atom is -0.338 e. The molecule has 2 saturated heterocycles. The molecular weight excluding hydrogens is 605 g/mol. The summed E-state index contributed by atoms with van der Waals surface area (Å²) in [5.41, 5.74) is 10.6. The van der Waals surface area contributed by atoms with Gasteiger partial charge in [0.1, 0.15) is 11.3 Å². The van der Waals surface area contributed by atoms with E-state index in [1.165, 1.54) is 18.9 Å². The SMILES string of the molecule is N#Cc1ccc(C(=O)N2CC(Cn3c(-c4cc5ccccc5n4CC4CC4)nc4cc(C(=O)N5C[C@H]6CC[C@@H]5[C@@H]6N)cc(F)c43)C2)cc1. The number of carbonyl (C=O) groups is 2. The largest absolute Gasteiger partial charge is 0.338 e. The van der Waals surface area contributed by atoms with Gasteiger partial charge in [0.15, 0.2) is 5.82 Å². The van der Waals surface area contributed by atoms with E-state index in [0.717, 1.165) is 36.0 Å². The molecule has 2 amide bonds. The number of nitrogens with two attached hydrogens (primary N) is 1. The Hall–Kier alpha value is -5.01. The van der Waals surface area contributed by atoms with Crippen LogP contribution in [-0.2, 0) is 13.1 Å². The third kappa shape index (κ3) is 4.71. The van der Waals surface area contributed by atoms with Crippen LogP contribution in [0.3, 0.4) is 0 Å². The van der Waals surface area contributed by atoms with Gasteiger partial charge in [-0.2, -0.15) is 5.26 Å². The Morgan fingerprint density at radius 1 is 0.875 bits per heavy atom. The van der Waals surface area contributed by atoms with Crippen molar-refractivity contribution in [3.05, 3.63) is 89.2 Å². The third-order valence-corrected chi connectivity index (χ3v) is 11.1. The summed E-state index contributed by atoms with van der Waals surface area (Å²) in [6.45, 7) is 3.01. The molecule has 0 spiro atoms. The van der Waals surface area contributed by atoms with Crippen molar-refractivity contribution in [1.29, 1.82) is 5.26 Å². The molecule has 4 aliphatic rings. The predicted molar refractivity (Wildman–Crippen MR) is 179 cm³/mol. The molecule has 242 valence electrons. The van der Waals surface area contributed by atoms with E-state index in [1.807, 2.05) is 21.6 Å². The van der Waals surface area contributed by atoms with Crippen LogP contribution in [0.2, 0.25) is 0 Å². The summed E-state index contributed by atoms with van der Waals surface area (Å²) in [7, 11) is 0. The molecule has 2 saturated carbocycles. The number of benzene rings is 3. The molecule has 2 N–H and O–H groups in total. The molecule has 0 unspecified atom stereocenters. The predicted octanol–water partition coefficient (Wildman–Crippen LogP) is 5.41. The second-order valence-corrected chi connectivity index (χ2v) is 14.2. The summed E-state index contributed by atoms with van der Waals surface area (Å²) in [5.74, 6) is 0.926. The van der Waals surface area contributed by atoms with E-state index in [9.17, 15) is 9.59 Å². The van der Waals surface area contributed by atoms with E-state index in [2.05, 4.69) is 28.8 Å². The van der Waals surface area contributed by atoms with Crippen LogP contribution >= 0.6 is 0 Å². The monoisotopic (exact) mass is 641 g/mol. The molecule has 2 aromatic heterocycles. The maximum absolute atomic E-state index is 16.4. The zero-order valence-electron chi connectivity index (χ0n) is 26.6. The highest BCUT2D eigenvalue weighted by Gasteiger charge is 2.47. The third-order valence-electron chi connectivity index (χ3n) is 11.1. The summed E-state index contributed by atoms with van der Waals surface area (Å²) < 4.78 is 20.7. The van der Waals surface area contributed by atoms with Crippen LogP contribution in [0, 0.1) is 34.9 Å². The molecular formula is C38H36FN7O2. The van der Waals surface area contributed by atoms with Crippen molar-refractivity contribution in [3.63, 3.8) is 0 Å². The van der Waals surface area contributed by atoms with Gasteiger partial charge in [0, 0.05) is 72.8 Å².